The molecular formula is C6H12O3Ti. The van der Waals surface area contributed by atoms with E-state index in [1.165, 1.54) is 0 Å². The molecule has 0 aliphatic carbocycles. The summed E-state index contributed by atoms with van der Waals surface area (Å²) in [5.74, 6) is -0.230. The van der Waals surface area contributed by atoms with Crippen LogP contribution in [0, 0.1) is 0 Å². The second-order valence-corrected chi connectivity index (χ2v) is 1.69. The summed E-state index contributed by atoms with van der Waals surface area (Å²) in [4.78, 5) is 10.5. The molecule has 0 saturated carbocycles. The Hall–Kier alpha value is 0.144. The van der Waals surface area contributed by atoms with Gasteiger partial charge in [-0.3, -0.25) is 4.79 Å². The molecule has 0 rings (SSSR count). The molecular weight excluding hydrogens is 168 g/mol. The monoisotopic (exact) mass is 180 g/mol. The molecule has 0 radical (unpaired) electrons. The summed E-state index contributed by atoms with van der Waals surface area (Å²) in [6.45, 7) is 1.94. The fraction of sp³-hybridized carbons (Fsp3) is 0.833. The van der Waals surface area contributed by atoms with Crippen LogP contribution in [0.3, 0.4) is 0 Å². The zero-order valence-corrected chi connectivity index (χ0v) is 7.65. The number of aliphatic hydroxyl groups is 1. The number of carbonyl (C=O) groups excluding carboxylic acids is 1. The molecule has 1 N–H and O–H groups in total. The van der Waals surface area contributed by atoms with E-state index in [2.05, 4.69) is 4.74 Å². The first-order chi connectivity index (χ1) is 4.31. The predicted octanol–water partition coefficient (Wildman–Crippen LogP) is 0.320. The molecule has 0 bridgehead atoms. The summed E-state index contributed by atoms with van der Waals surface area (Å²) in [5, 5.41) is 8.21. The quantitative estimate of drug-likeness (QED) is 0.500. The fourth-order valence-corrected chi connectivity index (χ4v) is 0.436. The number of ether oxygens (including phenoxy) is 1. The van der Waals surface area contributed by atoms with Crippen LogP contribution in [0.1, 0.15) is 19.8 Å². The molecule has 0 spiro atoms. The van der Waals surface area contributed by atoms with Crippen molar-refractivity contribution < 1.29 is 36.4 Å². The zero-order chi connectivity index (χ0) is 7.11. The Balaban J connectivity index is 0. The number of hydrogen-bond acceptors (Lipinski definition) is 3. The van der Waals surface area contributed by atoms with Crippen molar-refractivity contribution in [3.05, 3.63) is 0 Å². The van der Waals surface area contributed by atoms with Crippen molar-refractivity contribution >= 4 is 5.97 Å². The van der Waals surface area contributed by atoms with Crippen molar-refractivity contribution in [2.45, 2.75) is 19.8 Å². The molecule has 10 heavy (non-hydrogen) atoms. The van der Waals surface area contributed by atoms with E-state index >= 15 is 0 Å². The molecule has 0 amide bonds. The van der Waals surface area contributed by atoms with Gasteiger partial charge in [-0.25, -0.2) is 0 Å². The molecule has 0 heterocycles. The van der Waals surface area contributed by atoms with Gasteiger partial charge in [0, 0.05) is 28.1 Å². The Morgan fingerprint density at radius 2 is 2.20 bits per heavy atom. The van der Waals surface area contributed by atoms with Crippen LogP contribution in [-0.2, 0) is 31.2 Å². The maximum absolute atomic E-state index is 10.5. The van der Waals surface area contributed by atoms with E-state index in [-0.39, 0.29) is 40.9 Å². The molecule has 4 heteroatoms. The Kier molecular flexibility index (Phi) is 11.7. The number of hydrogen-bond donors (Lipinski definition) is 1. The van der Waals surface area contributed by atoms with Gasteiger partial charge in [-0.15, -0.1) is 0 Å². The predicted molar refractivity (Wildman–Crippen MR) is 33.0 cm³/mol. The maximum Gasteiger partial charge on any atom is 0.305 e. The second-order valence-electron chi connectivity index (χ2n) is 1.69. The molecule has 58 valence electrons. The van der Waals surface area contributed by atoms with E-state index in [0.717, 1.165) is 6.42 Å². The Morgan fingerprint density at radius 1 is 1.60 bits per heavy atom. The van der Waals surface area contributed by atoms with E-state index in [0.29, 0.717) is 6.42 Å². The molecule has 0 saturated heterocycles. The van der Waals surface area contributed by atoms with Gasteiger partial charge in [0.2, 0.25) is 0 Å². The van der Waals surface area contributed by atoms with E-state index < -0.39 is 0 Å². The van der Waals surface area contributed by atoms with Gasteiger partial charge in [-0.05, 0) is 6.42 Å². The van der Waals surface area contributed by atoms with Crippen LogP contribution in [0.5, 0.6) is 0 Å². The topological polar surface area (TPSA) is 46.5 Å². The van der Waals surface area contributed by atoms with Crippen molar-refractivity contribution in [3.63, 3.8) is 0 Å². The first-order valence-electron chi connectivity index (χ1n) is 3.07. The third kappa shape index (κ3) is 8.14. The van der Waals surface area contributed by atoms with Crippen LogP contribution in [0.25, 0.3) is 0 Å². The van der Waals surface area contributed by atoms with E-state index in [4.69, 9.17) is 5.11 Å². The van der Waals surface area contributed by atoms with Gasteiger partial charge in [-0.2, -0.15) is 0 Å². The van der Waals surface area contributed by atoms with Gasteiger partial charge in [0.25, 0.3) is 0 Å². The second kappa shape index (κ2) is 9.14. The minimum absolute atomic E-state index is 0. The standard InChI is InChI=1S/C6H12O3.Ti/c1-2-3-6(8)9-5-4-7;/h7H,2-5H2,1H3;. The van der Waals surface area contributed by atoms with Crippen LogP contribution in [0.2, 0.25) is 0 Å². The summed E-state index contributed by atoms with van der Waals surface area (Å²) < 4.78 is 4.54. The van der Waals surface area contributed by atoms with Gasteiger partial charge in [0.05, 0.1) is 6.61 Å². The van der Waals surface area contributed by atoms with Gasteiger partial charge < -0.3 is 9.84 Å². The molecule has 0 atom stereocenters. The Labute approximate surface area is 75.6 Å². The third-order valence-corrected chi connectivity index (χ3v) is 0.808. The van der Waals surface area contributed by atoms with Gasteiger partial charge >= 0.3 is 5.97 Å². The summed E-state index contributed by atoms with van der Waals surface area (Å²) in [6.07, 6.45) is 1.24. The number of carbonyl (C=O) groups is 1. The maximum atomic E-state index is 10.5. The third-order valence-electron chi connectivity index (χ3n) is 0.808. The van der Waals surface area contributed by atoms with Crippen molar-refractivity contribution in [2.75, 3.05) is 13.2 Å². The first-order valence-corrected chi connectivity index (χ1v) is 3.07. The molecule has 0 unspecified atom stereocenters. The first kappa shape index (κ1) is 12.8. The molecule has 0 fully saturated rings. The number of rotatable bonds is 4. The largest absolute Gasteiger partial charge is 0.463 e. The van der Waals surface area contributed by atoms with Crippen LogP contribution in [0.15, 0.2) is 0 Å². The SMILES string of the molecule is CCCC(=O)OCCO.[Ti]. The van der Waals surface area contributed by atoms with E-state index in [1.807, 2.05) is 6.92 Å². The molecule has 0 aromatic carbocycles. The molecule has 0 aromatic rings. The smallest absolute Gasteiger partial charge is 0.305 e. The normalized spacial score (nSPS) is 8.20. The van der Waals surface area contributed by atoms with Gasteiger partial charge in [0.15, 0.2) is 0 Å². The number of esters is 1. The van der Waals surface area contributed by atoms with Crippen LogP contribution in [0.4, 0.5) is 0 Å². The van der Waals surface area contributed by atoms with Gasteiger partial charge in [-0.1, -0.05) is 6.92 Å². The van der Waals surface area contributed by atoms with Crippen molar-refractivity contribution in [1.29, 1.82) is 0 Å². The van der Waals surface area contributed by atoms with Gasteiger partial charge in [0.1, 0.15) is 6.61 Å². The average molecular weight is 180 g/mol. The van der Waals surface area contributed by atoms with Crippen LogP contribution >= 0.6 is 0 Å². The fourth-order valence-electron chi connectivity index (χ4n) is 0.436. The molecule has 0 aliphatic rings. The summed E-state index contributed by atoms with van der Waals surface area (Å²) >= 11 is 0. The van der Waals surface area contributed by atoms with Crippen molar-refractivity contribution in [1.82, 2.24) is 0 Å². The van der Waals surface area contributed by atoms with Crippen molar-refractivity contribution in [3.8, 4) is 0 Å². The zero-order valence-electron chi connectivity index (χ0n) is 6.09. The summed E-state index contributed by atoms with van der Waals surface area (Å²) in [5.41, 5.74) is 0. The van der Waals surface area contributed by atoms with E-state index in [9.17, 15) is 4.79 Å². The van der Waals surface area contributed by atoms with Crippen molar-refractivity contribution in [2.24, 2.45) is 0 Å². The van der Waals surface area contributed by atoms with E-state index in [1.54, 1.807) is 0 Å². The van der Waals surface area contributed by atoms with Crippen LogP contribution < -0.4 is 0 Å². The minimum Gasteiger partial charge on any atom is -0.463 e. The minimum atomic E-state index is -0.230. The molecule has 0 aliphatic heterocycles. The van der Waals surface area contributed by atoms with Crippen LogP contribution in [-0.4, -0.2) is 24.3 Å². The Morgan fingerprint density at radius 3 is 2.60 bits per heavy atom. The Bertz CT molecular complexity index is 85.1. The summed E-state index contributed by atoms with van der Waals surface area (Å²) in [6, 6.07) is 0. The summed E-state index contributed by atoms with van der Waals surface area (Å²) in [7, 11) is 0. The molecule has 3 nitrogen and oxygen atoms in total. The average Bonchev–Trinajstić information content (AvgIpc) is 1.85. The molecule has 0 aromatic heterocycles. The number of aliphatic hydroxyl groups excluding tert-OH is 1.